The molecule has 0 radical (unpaired) electrons. The number of nitrogens with zero attached hydrogens (tertiary/aromatic N) is 1. The number of aromatic nitrogens is 1. The monoisotopic (exact) mass is 536 g/mol. The highest BCUT2D eigenvalue weighted by molar-refractivity contribution is 7.14. The van der Waals surface area contributed by atoms with Crippen LogP contribution in [0.5, 0.6) is 0 Å². The summed E-state index contributed by atoms with van der Waals surface area (Å²) in [7, 11) is 0. The quantitative estimate of drug-likeness (QED) is 0.283. The summed E-state index contributed by atoms with van der Waals surface area (Å²) < 4.78 is 20.6. The van der Waals surface area contributed by atoms with E-state index in [1.165, 1.54) is 25.1 Å². The molecule has 35 heavy (non-hydrogen) atoms. The second kappa shape index (κ2) is 11.8. The Kier molecular flexibility index (Phi) is 9.02. The standard InChI is InChI=1S/C25H23Cl2FN2O4S/c1-13(2)10-34-11-15-5-4-6-17(22(15)28)21-12-35-25(29-21)30-23(31)16-8-19(26)18(20(27)9-16)7-14(3)24(32)33/h4-9,12-13H,10-11H2,1-3H3,(H,32,33)(H,29,30,31)/b14-7+. The third-order valence-corrected chi connectivity index (χ3v) is 6.21. The number of carbonyl (C=O) groups excluding carboxylic acids is 1. The zero-order valence-electron chi connectivity index (χ0n) is 19.2. The lowest BCUT2D eigenvalue weighted by Gasteiger charge is -2.09. The molecule has 3 rings (SSSR count). The summed E-state index contributed by atoms with van der Waals surface area (Å²) >= 11 is 13.6. The first-order valence-corrected chi connectivity index (χ1v) is 12.2. The van der Waals surface area contributed by atoms with Crippen molar-refractivity contribution in [3.8, 4) is 11.3 Å². The van der Waals surface area contributed by atoms with E-state index in [0.29, 0.717) is 34.9 Å². The molecule has 0 unspecified atom stereocenters. The minimum Gasteiger partial charge on any atom is -0.478 e. The van der Waals surface area contributed by atoms with E-state index in [1.807, 2.05) is 13.8 Å². The zero-order chi connectivity index (χ0) is 25.7. The molecule has 0 saturated carbocycles. The Morgan fingerprint density at radius 1 is 1.26 bits per heavy atom. The first-order valence-electron chi connectivity index (χ1n) is 10.6. The van der Waals surface area contributed by atoms with E-state index in [9.17, 15) is 9.59 Å². The first-order chi connectivity index (χ1) is 16.6. The lowest BCUT2D eigenvalue weighted by Crippen LogP contribution is -2.12. The highest BCUT2D eigenvalue weighted by atomic mass is 35.5. The number of anilines is 1. The van der Waals surface area contributed by atoms with E-state index in [0.717, 1.165) is 11.3 Å². The number of carbonyl (C=O) groups is 2. The van der Waals surface area contributed by atoms with Gasteiger partial charge in [0.25, 0.3) is 5.91 Å². The molecule has 0 bridgehead atoms. The summed E-state index contributed by atoms with van der Waals surface area (Å²) in [6.07, 6.45) is 1.33. The van der Waals surface area contributed by atoms with Crippen LogP contribution in [0.2, 0.25) is 10.0 Å². The topological polar surface area (TPSA) is 88.5 Å². The summed E-state index contributed by atoms with van der Waals surface area (Å²) in [5.41, 5.74) is 1.63. The maximum absolute atomic E-state index is 15.0. The number of thiazole rings is 1. The number of hydrogen-bond donors (Lipinski definition) is 2. The van der Waals surface area contributed by atoms with Crippen molar-refractivity contribution in [1.82, 2.24) is 4.98 Å². The van der Waals surface area contributed by atoms with Crippen molar-refractivity contribution in [1.29, 1.82) is 0 Å². The Bertz CT molecular complexity index is 1270. The largest absolute Gasteiger partial charge is 0.478 e. The van der Waals surface area contributed by atoms with Gasteiger partial charge in [-0.15, -0.1) is 11.3 Å². The van der Waals surface area contributed by atoms with Gasteiger partial charge in [0, 0.05) is 39.8 Å². The van der Waals surface area contributed by atoms with Crippen LogP contribution >= 0.6 is 34.5 Å². The van der Waals surface area contributed by atoms with Crippen LogP contribution in [0.25, 0.3) is 17.3 Å². The Morgan fingerprint density at radius 3 is 2.57 bits per heavy atom. The minimum atomic E-state index is -1.11. The number of rotatable bonds is 9. The molecule has 2 N–H and O–H groups in total. The summed E-state index contributed by atoms with van der Waals surface area (Å²) in [4.78, 5) is 28.1. The molecule has 2 aromatic carbocycles. The summed E-state index contributed by atoms with van der Waals surface area (Å²) in [6.45, 7) is 6.13. The summed E-state index contributed by atoms with van der Waals surface area (Å²) in [5.74, 6) is -1.70. The zero-order valence-corrected chi connectivity index (χ0v) is 21.5. The molecule has 6 nitrogen and oxygen atoms in total. The Hall–Kier alpha value is -2.78. The van der Waals surface area contributed by atoms with Gasteiger partial charge >= 0.3 is 5.97 Å². The van der Waals surface area contributed by atoms with Gasteiger partial charge in [0.1, 0.15) is 5.82 Å². The van der Waals surface area contributed by atoms with Crippen LogP contribution in [0.15, 0.2) is 41.3 Å². The highest BCUT2D eigenvalue weighted by Crippen LogP contribution is 2.31. The van der Waals surface area contributed by atoms with Gasteiger partial charge < -0.3 is 9.84 Å². The molecule has 0 aliphatic heterocycles. The molecule has 0 spiro atoms. The van der Waals surface area contributed by atoms with E-state index < -0.39 is 17.7 Å². The van der Waals surface area contributed by atoms with Crippen LogP contribution in [0.3, 0.4) is 0 Å². The number of nitrogens with one attached hydrogen (secondary N) is 1. The van der Waals surface area contributed by atoms with Gasteiger partial charge in [-0.05, 0) is 37.1 Å². The molecule has 1 heterocycles. The predicted octanol–water partition coefficient (Wildman–Crippen LogP) is 7.17. The predicted molar refractivity (Wildman–Crippen MR) is 138 cm³/mol. The van der Waals surface area contributed by atoms with Crippen molar-refractivity contribution < 1.29 is 23.8 Å². The van der Waals surface area contributed by atoms with Gasteiger partial charge in [-0.1, -0.05) is 49.2 Å². The van der Waals surface area contributed by atoms with Crippen molar-refractivity contribution in [2.45, 2.75) is 27.4 Å². The molecule has 0 atom stereocenters. The van der Waals surface area contributed by atoms with Gasteiger partial charge in [-0.2, -0.15) is 0 Å². The Labute approximate surface area is 216 Å². The van der Waals surface area contributed by atoms with Gasteiger partial charge in [-0.25, -0.2) is 14.2 Å². The molecule has 3 aromatic rings. The van der Waals surface area contributed by atoms with E-state index in [-0.39, 0.29) is 32.9 Å². The lowest BCUT2D eigenvalue weighted by atomic mass is 10.1. The fourth-order valence-electron chi connectivity index (χ4n) is 3.05. The number of halogens is 3. The van der Waals surface area contributed by atoms with E-state index in [1.54, 1.807) is 23.6 Å². The minimum absolute atomic E-state index is 0.0455. The van der Waals surface area contributed by atoms with Gasteiger partial charge in [0.05, 0.1) is 22.3 Å². The fourth-order valence-corrected chi connectivity index (χ4v) is 4.35. The Balaban J connectivity index is 1.77. The van der Waals surface area contributed by atoms with Crippen molar-refractivity contribution >= 4 is 57.6 Å². The average Bonchev–Trinajstić information content (AvgIpc) is 3.24. The van der Waals surface area contributed by atoms with Crippen LogP contribution in [0.1, 0.15) is 42.3 Å². The van der Waals surface area contributed by atoms with Gasteiger partial charge in [0.2, 0.25) is 0 Å². The van der Waals surface area contributed by atoms with Crippen molar-refractivity contribution in [2.24, 2.45) is 5.92 Å². The smallest absolute Gasteiger partial charge is 0.331 e. The molecule has 0 aliphatic rings. The van der Waals surface area contributed by atoms with E-state index in [2.05, 4.69) is 10.3 Å². The fraction of sp³-hybridized carbons (Fsp3) is 0.240. The van der Waals surface area contributed by atoms with Crippen LogP contribution in [0.4, 0.5) is 9.52 Å². The van der Waals surface area contributed by atoms with E-state index >= 15 is 4.39 Å². The molecule has 0 saturated heterocycles. The Morgan fingerprint density at radius 2 is 1.94 bits per heavy atom. The lowest BCUT2D eigenvalue weighted by molar-refractivity contribution is -0.132. The normalized spacial score (nSPS) is 11.7. The number of amides is 1. The van der Waals surface area contributed by atoms with Gasteiger partial charge in [0.15, 0.2) is 5.13 Å². The third kappa shape index (κ3) is 6.89. The number of aliphatic carboxylic acids is 1. The summed E-state index contributed by atoms with van der Waals surface area (Å²) in [6, 6.07) is 7.79. The van der Waals surface area contributed by atoms with Crippen LogP contribution in [-0.4, -0.2) is 28.6 Å². The molecule has 0 fully saturated rings. The average molecular weight is 537 g/mol. The number of hydrogen-bond acceptors (Lipinski definition) is 5. The number of ether oxygens (including phenoxy) is 1. The van der Waals surface area contributed by atoms with E-state index in [4.69, 9.17) is 33.0 Å². The van der Waals surface area contributed by atoms with Crippen molar-refractivity contribution in [3.63, 3.8) is 0 Å². The number of carboxylic acids is 1. The molecule has 1 aromatic heterocycles. The van der Waals surface area contributed by atoms with Crippen LogP contribution < -0.4 is 5.32 Å². The first kappa shape index (κ1) is 26.8. The van der Waals surface area contributed by atoms with Crippen molar-refractivity contribution in [3.05, 3.63) is 73.8 Å². The maximum Gasteiger partial charge on any atom is 0.331 e. The SMILES string of the molecule is C/C(=C\c1c(Cl)cc(C(=O)Nc2nc(-c3cccc(COCC(C)C)c3F)cs2)cc1Cl)C(=O)O. The highest BCUT2D eigenvalue weighted by Gasteiger charge is 2.17. The maximum atomic E-state index is 15.0. The third-order valence-electron chi connectivity index (χ3n) is 4.83. The molecular formula is C25H23Cl2FN2O4S. The second-order valence-corrected chi connectivity index (χ2v) is 9.84. The second-order valence-electron chi connectivity index (χ2n) is 8.17. The number of carboxylic acid groups (broad SMARTS) is 1. The van der Waals surface area contributed by atoms with Crippen molar-refractivity contribution in [2.75, 3.05) is 11.9 Å². The van der Waals surface area contributed by atoms with Crippen LogP contribution in [-0.2, 0) is 16.1 Å². The molecular weight excluding hydrogens is 514 g/mol. The molecule has 184 valence electrons. The van der Waals surface area contributed by atoms with Crippen LogP contribution in [0, 0.1) is 11.7 Å². The number of benzene rings is 2. The van der Waals surface area contributed by atoms with Gasteiger partial charge in [-0.3, -0.25) is 10.1 Å². The molecule has 1 amide bonds. The summed E-state index contributed by atoms with van der Waals surface area (Å²) in [5, 5.41) is 13.9. The molecule has 10 heteroatoms. The molecule has 0 aliphatic carbocycles.